The molecular weight excluding hydrogens is 781 g/mol. The van der Waals surface area contributed by atoms with Gasteiger partial charge >= 0.3 is 17.9 Å². The molecule has 63 heavy (non-hydrogen) atoms. The predicted octanol–water partition coefficient (Wildman–Crippen LogP) is 17.2. The quantitative estimate of drug-likeness (QED) is 0.0199. The number of allylic oxidation sites excluding steroid dienone is 14. The van der Waals surface area contributed by atoms with Gasteiger partial charge in [-0.3, -0.25) is 14.4 Å². The van der Waals surface area contributed by atoms with Gasteiger partial charge in [0.15, 0.2) is 6.10 Å². The molecule has 0 spiro atoms. The topological polar surface area (TPSA) is 78.9 Å². The third-order valence-corrected chi connectivity index (χ3v) is 10.9. The average Bonchev–Trinajstić information content (AvgIpc) is 3.28. The van der Waals surface area contributed by atoms with Gasteiger partial charge in [-0.2, -0.15) is 0 Å². The van der Waals surface area contributed by atoms with Gasteiger partial charge in [0.2, 0.25) is 0 Å². The van der Waals surface area contributed by atoms with Crippen molar-refractivity contribution in [3.8, 4) is 0 Å². The van der Waals surface area contributed by atoms with Crippen molar-refractivity contribution in [2.45, 2.75) is 245 Å². The number of ether oxygens (including phenoxy) is 3. The maximum Gasteiger partial charge on any atom is 0.306 e. The van der Waals surface area contributed by atoms with E-state index in [1.54, 1.807) is 0 Å². The lowest BCUT2D eigenvalue weighted by Crippen LogP contribution is -2.30. The molecule has 0 aliphatic carbocycles. The average molecular weight is 877 g/mol. The summed E-state index contributed by atoms with van der Waals surface area (Å²) >= 11 is 0. The molecule has 0 saturated carbocycles. The molecule has 0 N–H and O–H groups in total. The van der Waals surface area contributed by atoms with Gasteiger partial charge in [0.25, 0.3) is 0 Å². The Hall–Kier alpha value is -3.41. The van der Waals surface area contributed by atoms with Crippen LogP contribution in [0.4, 0.5) is 0 Å². The van der Waals surface area contributed by atoms with Crippen LogP contribution in [0.15, 0.2) is 85.1 Å². The van der Waals surface area contributed by atoms with Crippen LogP contribution >= 0.6 is 0 Å². The third kappa shape index (κ3) is 49.5. The first kappa shape index (κ1) is 59.6. The monoisotopic (exact) mass is 877 g/mol. The zero-order chi connectivity index (χ0) is 45.8. The van der Waals surface area contributed by atoms with Gasteiger partial charge in [0.1, 0.15) is 13.2 Å². The highest BCUT2D eigenvalue weighted by molar-refractivity contribution is 5.71. The molecule has 0 fully saturated rings. The number of hydrogen-bond donors (Lipinski definition) is 0. The molecule has 1 unspecified atom stereocenters. The van der Waals surface area contributed by atoms with E-state index in [9.17, 15) is 14.4 Å². The molecule has 0 heterocycles. The minimum Gasteiger partial charge on any atom is -0.462 e. The van der Waals surface area contributed by atoms with Crippen LogP contribution in [0.25, 0.3) is 0 Å². The normalized spacial score (nSPS) is 12.7. The fourth-order valence-electron chi connectivity index (χ4n) is 7.01. The standard InChI is InChI=1S/C57H96O6/c1-4-7-10-13-16-19-22-25-28-30-32-35-38-41-44-47-50-56(59)62-53-54(52-61-55(58)49-46-43-40-37-34-31-27-24-21-18-15-12-9-6-3)63-57(60)51-48-45-42-39-36-33-29-26-23-20-17-14-11-8-5-2/h7,9-10,12,16-21,23,25-26,28,54H,4-6,8,11,13-15,22,24,27,29-53H2,1-3H3/b10-7-,12-9-,19-16-,20-17-,21-18-,26-23-,28-25-. The zero-order valence-electron chi connectivity index (χ0n) is 41.1. The van der Waals surface area contributed by atoms with E-state index in [4.69, 9.17) is 14.2 Å². The third-order valence-electron chi connectivity index (χ3n) is 10.9. The highest BCUT2D eigenvalue weighted by Crippen LogP contribution is 2.14. The molecule has 0 aliphatic rings. The van der Waals surface area contributed by atoms with Crippen molar-refractivity contribution < 1.29 is 28.6 Å². The number of esters is 3. The van der Waals surface area contributed by atoms with Crippen molar-refractivity contribution >= 4 is 17.9 Å². The van der Waals surface area contributed by atoms with E-state index in [0.717, 1.165) is 116 Å². The number of carbonyl (C=O) groups is 3. The second kappa shape index (κ2) is 51.2. The highest BCUT2D eigenvalue weighted by atomic mass is 16.6. The Bertz CT molecular complexity index is 1240. The second-order valence-electron chi connectivity index (χ2n) is 17.0. The number of unbranched alkanes of at least 4 members (excludes halogenated alkanes) is 22. The van der Waals surface area contributed by atoms with Crippen molar-refractivity contribution in [1.29, 1.82) is 0 Å². The van der Waals surface area contributed by atoms with E-state index in [1.807, 2.05) is 0 Å². The molecule has 0 aromatic carbocycles. The largest absolute Gasteiger partial charge is 0.462 e. The van der Waals surface area contributed by atoms with Crippen molar-refractivity contribution in [3.63, 3.8) is 0 Å². The van der Waals surface area contributed by atoms with Crippen LogP contribution in [0.1, 0.15) is 239 Å². The molecular formula is C57H96O6. The maximum atomic E-state index is 12.8. The summed E-state index contributed by atoms with van der Waals surface area (Å²) in [7, 11) is 0. The van der Waals surface area contributed by atoms with Crippen LogP contribution in [-0.2, 0) is 28.6 Å². The molecule has 0 amide bonds. The van der Waals surface area contributed by atoms with Gasteiger partial charge in [-0.05, 0) is 103 Å². The van der Waals surface area contributed by atoms with Crippen LogP contribution in [0.2, 0.25) is 0 Å². The van der Waals surface area contributed by atoms with Crippen molar-refractivity contribution in [1.82, 2.24) is 0 Å². The van der Waals surface area contributed by atoms with E-state index in [0.29, 0.717) is 19.3 Å². The Morgan fingerprint density at radius 3 is 1.06 bits per heavy atom. The molecule has 1 atom stereocenters. The Labute approximate surface area is 388 Å². The van der Waals surface area contributed by atoms with E-state index in [-0.39, 0.29) is 31.1 Å². The second-order valence-corrected chi connectivity index (χ2v) is 17.0. The molecule has 0 aliphatic heterocycles. The molecule has 0 saturated heterocycles. The van der Waals surface area contributed by atoms with Crippen LogP contribution < -0.4 is 0 Å². The molecule has 0 aromatic rings. The van der Waals surface area contributed by atoms with Gasteiger partial charge in [-0.1, -0.05) is 202 Å². The molecule has 360 valence electrons. The van der Waals surface area contributed by atoms with Crippen LogP contribution in [-0.4, -0.2) is 37.2 Å². The Morgan fingerprint density at radius 2 is 0.667 bits per heavy atom. The minimum absolute atomic E-state index is 0.0905. The zero-order valence-corrected chi connectivity index (χ0v) is 41.1. The van der Waals surface area contributed by atoms with Gasteiger partial charge in [-0.15, -0.1) is 0 Å². The van der Waals surface area contributed by atoms with E-state index in [1.165, 1.54) is 83.5 Å². The molecule has 0 radical (unpaired) electrons. The molecule has 6 nitrogen and oxygen atoms in total. The summed E-state index contributed by atoms with van der Waals surface area (Å²) in [5.41, 5.74) is 0. The number of carbonyl (C=O) groups excluding carboxylic acids is 3. The smallest absolute Gasteiger partial charge is 0.306 e. The number of rotatable bonds is 46. The fraction of sp³-hybridized carbons (Fsp3) is 0.702. The predicted molar refractivity (Wildman–Crippen MR) is 270 cm³/mol. The Morgan fingerprint density at radius 1 is 0.349 bits per heavy atom. The lowest BCUT2D eigenvalue weighted by Gasteiger charge is -2.18. The summed E-state index contributed by atoms with van der Waals surface area (Å²) in [5.74, 6) is -0.923. The maximum absolute atomic E-state index is 12.8. The summed E-state index contributed by atoms with van der Waals surface area (Å²) in [6.45, 7) is 6.36. The van der Waals surface area contributed by atoms with Gasteiger partial charge < -0.3 is 14.2 Å². The first-order valence-electron chi connectivity index (χ1n) is 26.1. The Kier molecular flexibility index (Phi) is 48.5. The lowest BCUT2D eigenvalue weighted by molar-refractivity contribution is -0.167. The summed E-state index contributed by atoms with van der Waals surface area (Å²) in [4.78, 5) is 38.0. The van der Waals surface area contributed by atoms with E-state index >= 15 is 0 Å². The lowest BCUT2D eigenvalue weighted by atomic mass is 10.1. The first-order chi connectivity index (χ1) is 31.0. The molecule has 0 rings (SSSR count). The van der Waals surface area contributed by atoms with Crippen LogP contribution in [0, 0.1) is 0 Å². The molecule has 0 bridgehead atoms. The summed E-state index contributed by atoms with van der Waals surface area (Å²) in [5, 5.41) is 0. The molecule has 6 heteroatoms. The number of hydrogen-bond acceptors (Lipinski definition) is 6. The summed E-state index contributed by atoms with van der Waals surface area (Å²) in [6.07, 6.45) is 65.6. The first-order valence-corrected chi connectivity index (χ1v) is 26.1. The van der Waals surface area contributed by atoms with Crippen molar-refractivity contribution in [3.05, 3.63) is 85.1 Å². The fourth-order valence-corrected chi connectivity index (χ4v) is 7.01. The van der Waals surface area contributed by atoms with E-state index < -0.39 is 6.10 Å². The minimum atomic E-state index is -0.791. The SMILES string of the molecule is CC/C=C\C/C=C\C/C=C\CCCCCCCCC(=O)OCC(COC(=O)CCCCCCCCC/C=C\C/C=C\CC)OC(=O)CCCCCCCC/C=C\C=C/CCCCC. The van der Waals surface area contributed by atoms with Gasteiger partial charge in [0, 0.05) is 19.3 Å². The van der Waals surface area contributed by atoms with Gasteiger partial charge in [0.05, 0.1) is 0 Å². The van der Waals surface area contributed by atoms with Crippen molar-refractivity contribution in [2.24, 2.45) is 0 Å². The van der Waals surface area contributed by atoms with Crippen LogP contribution in [0.5, 0.6) is 0 Å². The van der Waals surface area contributed by atoms with Crippen LogP contribution in [0.3, 0.4) is 0 Å². The van der Waals surface area contributed by atoms with Gasteiger partial charge in [-0.25, -0.2) is 0 Å². The van der Waals surface area contributed by atoms with E-state index in [2.05, 4.69) is 106 Å². The molecule has 0 aromatic heterocycles. The summed E-state index contributed by atoms with van der Waals surface area (Å²) in [6, 6.07) is 0. The van der Waals surface area contributed by atoms with Crippen molar-refractivity contribution in [2.75, 3.05) is 13.2 Å². The Balaban J connectivity index is 4.44. The summed E-state index contributed by atoms with van der Waals surface area (Å²) < 4.78 is 16.8. The highest BCUT2D eigenvalue weighted by Gasteiger charge is 2.19.